The van der Waals surface area contributed by atoms with Crippen LogP contribution in [0.5, 0.6) is 11.5 Å². The first-order valence-electron chi connectivity index (χ1n) is 13.3. The van der Waals surface area contributed by atoms with Gasteiger partial charge in [0.25, 0.3) is 0 Å². The van der Waals surface area contributed by atoms with Crippen LogP contribution < -0.4 is 9.47 Å². The lowest BCUT2D eigenvalue weighted by Crippen LogP contribution is -2.15. The van der Waals surface area contributed by atoms with Crippen molar-refractivity contribution in [2.45, 2.75) is 33.1 Å². The SMILES string of the molecule is CCC(C)C(=O)OCCCCOc1ccc(C(=O)Oc2ccc3ccc4c(C=O)ccc5ccc2c3c54)cc1. The van der Waals surface area contributed by atoms with E-state index in [2.05, 4.69) is 0 Å². The van der Waals surface area contributed by atoms with Crippen molar-refractivity contribution in [2.75, 3.05) is 13.2 Å². The van der Waals surface area contributed by atoms with Crippen LogP contribution in [0.1, 0.15) is 53.8 Å². The summed E-state index contributed by atoms with van der Waals surface area (Å²) in [6.07, 6.45) is 3.11. The Morgan fingerprint density at radius 2 is 1.44 bits per heavy atom. The minimum absolute atomic E-state index is 0.0723. The van der Waals surface area contributed by atoms with Gasteiger partial charge in [0.15, 0.2) is 6.29 Å². The number of rotatable bonds is 11. The smallest absolute Gasteiger partial charge is 0.343 e. The van der Waals surface area contributed by atoms with Crippen molar-refractivity contribution in [3.05, 3.63) is 83.9 Å². The minimum Gasteiger partial charge on any atom is -0.494 e. The van der Waals surface area contributed by atoms with Gasteiger partial charge in [-0.2, -0.15) is 0 Å². The van der Waals surface area contributed by atoms with Crippen molar-refractivity contribution < 1.29 is 28.6 Å². The lowest BCUT2D eigenvalue weighted by Gasteiger charge is -2.14. The molecule has 0 aliphatic carbocycles. The highest BCUT2D eigenvalue weighted by Crippen LogP contribution is 2.39. The average Bonchev–Trinajstić information content (AvgIpc) is 2.97. The van der Waals surface area contributed by atoms with Crippen LogP contribution in [-0.4, -0.2) is 31.4 Å². The number of esters is 2. The summed E-state index contributed by atoms with van der Waals surface area (Å²) in [6.45, 7) is 4.70. The molecule has 0 aromatic heterocycles. The van der Waals surface area contributed by atoms with E-state index >= 15 is 0 Å². The third-order valence-electron chi connectivity index (χ3n) is 7.14. The maximum absolute atomic E-state index is 13.0. The van der Waals surface area contributed by atoms with E-state index in [0.717, 1.165) is 57.9 Å². The van der Waals surface area contributed by atoms with Crippen LogP contribution in [0.4, 0.5) is 0 Å². The summed E-state index contributed by atoms with van der Waals surface area (Å²) in [5, 5.41) is 5.70. The molecule has 0 aliphatic heterocycles. The van der Waals surface area contributed by atoms with Gasteiger partial charge in [-0.3, -0.25) is 9.59 Å². The molecule has 0 bridgehead atoms. The highest BCUT2D eigenvalue weighted by atomic mass is 16.5. The molecule has 6 heteroatoms. The summed E-state index contributed by atoms with van der Waals surface area (Å²) in [4.78, 5) is 36.3. The maximum Gasteiger partial charge on any atom is 0.343 e. The monoisotopic (exact) mass is 522 g/mol. The lowest BCUT2D eigenvalue weighted by molar-refractivity contribution is -0.148. The lowest BCUT2D eigenvalue weighted by atomic mass is 9.92. The third kappa shape index (κ3) is 5.41. The number of carbonyl (C=O) groups excluding carboxylic acids is 3. The molecule has 0 spiro atoms. The first kappa shape index (κ1) is 26.2. The Morgan fingerprint density at radius 3 is 2.15 bits per heavy atom. The van der Waals surface area contributed by atoms with Crippen LogP contribution in [0.15, 0.2) is 72.8 Å². The molecule has 6 nitrogen and oxygen atoms in total. The van der Waals surface area contributed by atoms with Gasteiger partial charge in [-0.05, 0) is 77.2 Å². The van der Waals surface area contributed by atoms with E-state index in [1.54, 1.807) is 30.3 Å². The number of unbranched alkanes of at least 4 members (excludes halogenated alkanes) is 1. The van der Waals surface area contributed by atoms with Crippen molar-refractivity contribution in [3.8, 4) is 11.5 Å². The summed E-state index contributed by atoms with van der Waals surface area (Å²) in [6, 6.07) is 22.2. The van der Waals surface area contributed by atoms with E-state index in [-0.39, 0.29) is 11.9 Å². The van der Waals surface area contributed by atoms with Gasteiger partial charge < -0.3 is 14.2 Å². The van der Waals surface area contributed by atoms with Gasteiger partial charge in [0.1, 0.15) is 11.5 Å². The van der Waals surface area contributed by atoms with E-state index in [1.807, 2.05) is 56.3 Å². The molecule has 0 aliphatic rings. The van der Waals surface area contributed by atoms with Crippen molar-refractivity contribution in [2.24, 2.45) is 5.92 Å². The molecule has 5 aromatic rings. The van der Waals surface area contributed by atoms with Gasteiger partial charge in [0.05, 0.1) is 24.7 Å². The van der Waals surface area contributed by atoms with E-state index < -0.39 is 5.97 Å². The van der Waals surface area contributed by atoms with E-state index in [0.29, 0.717) is 35.8 Å². The zero-order chi connectivity index (χ0) is 27.4. The molecule has 0 amide bonds. The van der Waals surface area contributed by atoms with Crippen LogP contribution in [0.2, 0.25) is 0 Å². The van der Waals surface area contributed by atoms with Gasteiger partial charge in [-0.15, -0.1) is 0 Å². The van der Waals surface area contributed by atoms with Crippen molar-refractivity contribution >= 4 is 50.5 Å². The number of benzene rings is 5. The number of hydrogen-bond acceptors (Lipinski definition) is 6. The van der Waals surface area contributed by atoms with Gasteiger partial charge in [-0.1, -0.05) is 50.2 Å². The molecule has 1 unspecified atom stereocenters. The fourth-order valence-electron chi connectivity index (χ4n) is 4.71. The van der Waals surface area contributed by atoms with Crippen LogP contribution in [0, 0.1) is 5.92 Å². The second-order valence-corrected chi connectivity index (χ2v) is 9.71. The number of ether oxygens (including phenoxy) is 3. The quantitative estimate of drug-likeness (QED) is 0.0593. The fourth-order valence-corrected chi connectivity index (χ4v) is 4.71. The summed E-state index contributed by atoms with van der Waals surface area (Å²) in [5.74, 6) is 0.421. The van der Waals surface area contributed by atoms with Gasteiger partial charge in [0.2, 0.25) is 0 Å². The molecule has 0 heterocycles. The highest BCUT2D eigenvalue weighted by Gasteiger charge is 2.16. The Morgan fingerprint density at radius 1 is 0.795 bits per heavy atom. The molecule has 0 N–H and O–H groups in total. The number of carbonyl (C=O) groups is 3. The minimum atomic E-state index is -0.465. The molecule has 198 valence electrons. The van der Waals surface area contributed by atoms with Crippen LogP contribution in [0.25, 0.3) is 32.3 Å². The molecule has 39 heavy (non-hydrogen) atoms. The molecular formula is C33H30O6. The molecular weight excluding hydrogens is 492 g/mol. The molecule has 0 fully saturated rings. The van der Waals surface area contributed by atoms with Gasteiger partial charge in [0, 0.05) is 16.3 Å². The largest absolute Gasteiger partial charge is 0.494 e. The first-order chi connectivity index (χ1) is 19.0. The predicted octanol–water partition coefficient (Wildman–Crippen LogP) is 7.36. The van der Waals surface area contributed by atoms with Crippen molar-refractivity contribution in [1.82, 2.24) is 0 Å². The summed E-state index contributed by atoms with van der Waals surface area (Å²) >= 11 is 0. The number of aldehydes is 1. The average molecular weight is 523 g/mol. The Hall–Kier alpha value is -4.45. The van der Waals surface area contributed by atoms with Gasteiger partial charge in [-0.25, -0.2) is 4.79 Å². The molecule has 1 atom stereocenters. The standard InChI is InChI=1S/C33H30O6/c1-3-21(2)32(35)38-19-5-4-18-37-26-13-8-24(9-14-26)33(36)39-29-17-12-23-10-15-27-25(20-34)7-6-22-11-16-28(29)31(23)30(22)27/h6-17,20-21H,3-5,18-19H2,1-2H3. The second kappa shape index (κ2) is 11.5. The summed E-state index contributed by atoms with van der Waals surface area (Å²) in [5.41, 5.74) is 1.04. The molecule has 0 saturated carbocycles. The maximum atomic E-state index is 13.0. The third-order valence-corrected chi connectivity index (χ3v) is 7.14. The Labute approximate surface area is 226 Å². The van der Waals surface area contributed by atoms with E-state index in [9.17, 15) is 14.4 Å². The van der Waals surface area contributed by atoms with Crippen molar-refractivity contribution in [1.29, 1.82) is 0 Å². The van der Waals surface area contributed by atoms with Crippen molar-refractivity contribution in [3.63, 3.8) is 0 Å². The first-order valence-corrected chi connectivity index (χ1v) is 13.3. The Kier molecular flexibility index (Phi) is 7.73. The predicted molar refractivity (Wildman–Crippen MR) is 152 cm³/mol. The topological polar surface area (TPSA) is 78.9 Å². The Bertz CT molecular complexity index is 1640. The summed E-state index contributed by atoms with van der Waals surface area (Å²) in [7, 11) is 0. The normalized spacial score (nSPS) is 12.1. The van der Waals surface area contributed by atoms with Crippen LogP contribution in [0.3, 0.4) is 0 Å². The van der Waals surface area contributed by atoms with E-state index in [4.69, 9.17) is 14.2 Å². The van der Waals surface area contributed by atoms with E-state index in [1.165, 1.54) is 0 Å². The zero-order valence-electron chi connectivity index (χ0n) is 22.1. The Balaban J connectivity index is 1.23. The van der Waals surface area contributed by atoms with Crippen LogP contribution >= 0.6 is 0 Å². The molecule has 0 radical (unpaired) electrons. The molecule has 0 saturated heterocycles. The number of hydrogen-bond donors (Lipinski definition) is 0. The van der Waals surface area contributed by atoms with Gasteiger partial charge >= 0.3 is 11.9 Å². The molecule has 5 aromatic carbocycles. The highest BCUT2D eigenvalue weighted by molar-refractivity contribution is 6.26. The fraction of sp³-hybridized carbons (Fsp3) is 0.242. The summed E-state index contributed by atoms with van der Waals surface area (Å²) < 4.78 is 16.8. The van der Waals surface area contributed by atoms with Crippen LogP contribution in [-0.2, 0) is 9.53 Å². The molecule has 5 rings (SSSR count). The second-order valence-electron chi connectivity index (χ2n) is 9.71. The zero-order valence-corrected chi connectivity index (χ0v) is 22.1.